The van der Waals surface area contributed by atoms with Gasteiger partial charge in [-0.15, -0.1) is 0 Å². The second-order valence-corrected chi connectivity index (χ2v) is 4.08. The zero-order valence-electron chi connectivity index (χ0n) is 8.80. The van der Waals surface area contributed by atoms with Crippen molar-refractivity contribution in [2.75, 3.05) is 0 Å². The van der Waals surface area contributed by atoms with Crippen LogP contribution in [0.1, 0.15) is 31.2 Å². The molecule has 3 N–H and O–H groups in total. The van der Waals surface area contributed by atoms with Crippen LogP contribution in [0.2, 0.25) is 5.02 Å². The van der Waals surface area contributed by atoms with Crippen LogP contribution in [0, 0.1) is 5.41 Å². The largest absolute Gasteiger partial charge is 0.388 e. The summed E-state index contributed by atoms with van der Waals surface area (Å²) in [6, 6.07) is 7.94. The fourth-order valence-corrected chi connectivity index (χ4v) is 1.74. The Kier molecular flexibility index (Phi) is 5.19. The minimum atomic E-state index is 0.285. The van der Waals surface area contributed by atoms with Gasteiger partial charge < -0.3 is 5.73 Å². The Bertz CT molecular complexity index is 323. The van der Waals surface area contributed by atoms with E-state index in [1.165, 1.54) is 5.56 Å². The van der Waals surface area contributed by atoms with Crippen molar-refractivity contribution in [1.82, 2.24) is 0 Å². The predicted molar refractivity (Wildman–Crippen MR) is 65.5 cm³/mol. The maximum Gasteiger partial charge on any atom is 0.0905 e. The summed E-state index contributed by atoms with van der Waals surface area (Å²) in [4.78, 5) is 0. The van der Waals surface area contributed by atoms with Gasteiger partial charge in [-0.1, -0.05) is 36.2 Å². The summed E-state index contributed by atoms with van der Waals surface area (Å²) in [5.74, 6) is 0.285. The van der Waals surface area contributed by atoms with E-state index in [1.807, 2.05) is 18.2 Å². The molecule has 0 heterocycles. The lowest BCUT2D eigenvalue weighted by Crippen LogP contribution is -2.08. The van der Waals surface area contributed by atoms with Crippen LogP contribution in [0.25, 0.3) is 0 Å². The molecule has 0 aromatic heterocycles. The summed E-state index contributed by atoms with van der Waals surface area (Å²) in [6.45, 7) is 0. The van der Waals surface area contributed by atoms with Gasteiger partial charge in [0.15, 0.2) is 0 Å². The molecular formula is C12H17ClN2. The number of nitrogens with two attached hydrogens (primary N) is 1. The number of unbranched alkanes of at least 4 members (excludes halogenated alkanes) is 2. The van der Waals surface area contributed by atoms with Gasteiger partial charge in [0.1, 0.15) is 0 Å². The number of hydrogen-bond acceptors (Lipinski definition) is 1. The molecule has 0 aliphatic carbocycles. The first-order valence-corrected chi connectivity index (χ1v) is 5.64. The lowest BCUT2D eigenvalue weighted by molar-refractivity contribution is 0.694. The summed E-state index contributed by atoms with van der Waals surface area (Å²) in [5, 5.41) is 7.94. The van der Waals surface area contributed by atoms with E-state index in [-0.39, 0.29) is 5.84 Å². The van der Waals surface area contributed by atoms with Crippen molar-refractivity contribution < 1.29 is 0 Å². The zero-order chi connectivity index (χ0) is 11.1. The summed E-state index contributed by atoms with van der Waals surface area (Å²) in [7, 11) is 0. The third-order valence-electron chi connectivity index (χ3n) is 2.35. The summed E-state index contributed by atoms with van der Waals surface area (Å²) in [5.41, 5.74) is 6.48. The third kappa shape index (κ3) is 4.84. The van der Waals surface area contributed by atoms with Gasteiger partial charge in [-0.2, -0.15) is 0 Å². The molecule has 0 aliphatic heterocycles. The Hall–Kier alpha value is -1.02. The molecule has 0 atom stereocenters. The summed E-state index contributed by atoms with van der Waals surface area (Å²) in [6.07, 6.45) is 4.93. The van der Waals surface area contributed by atoms with Crippen LogP contribution in [0.5, 0.6) is 0 Å². The highest BCUT2D eigenvalue weighted by atomic mass is 35.5. The van der Waals surface area contributed by atoms with Crippen molar-refractivity contribution in [2.45, 2.75) is 32.1 Å². The van der Waals surface area contributed by atoms with Gasteiger partial charge in [0, 0.05) is 11.4 Å². The molecule has 0 bridgehead atoms. The number of hydrogen-bond donors (Lipinski definition) is 2. The van der Waals surface area contributed by atoms with E-state index in [4.69, 9.17) is 22.7 Å². The molecule has 0 aliphatic rings. The maximum absolute atomic E-state index is 7.08. The van der Waals surface area contributed by atoms with E-state index < -0.39 is 0 Å². The fraction of sp³-hybridized carbons (Fsp3) is 0.417. The van der Waals surface area contributed by atoms with Gasteiger partial charge in [-0.25, -0.2) is 0 Å². The zero-order valence-corrected chi connectivity index (χ0v) is 9.56. The highest BCUT2D eigenvalue weighted by Crippen LogP contribution is 2.17. The first-order valence-electron chi connectivity index (χ1n) is 5.26. The normalized spacial score (nSPS) is 10.2. The fourth-order valence-electron chi connectivity index (χ4n) is 1.51. The van der Waals surface area contributed by atoms with E-state index in [0.717, 1.165) is 30.7 Å². The molecule has 0 radical (unpaired) electrons. The lowest BCUT2D eigenvalue weighted by Gasteiger charge is -2.03. The number of amidine groups is 1. The Morgan fingerprint density at radius 1 is 1.20 bits per heavy atom. The van der Waals surface area contributed by atoms with Crippen LogP contribution < -0.4 is 5.73 Å². The highest BCUT2D eigenvalue weighted by Gasteiger charge is 1.98. The standard InChI is InChI=1S/C12H17ClN2/c13-11-8-5-4-7-10(11)6-2-1-3-9-12(14)15/h4-5,7-8H,1-3,6,9H2,(H3,14,15). The average Bonchev–Trinajstić information content (AvgIpc) is 2.20. The monoisotopic (exact) mass is 224 g/mol. The first-order chi connectivity index (χ1) is 7.20. The molecule has 0 saturated carbocycles. The van der Waals surface area contributed by atoms with Gasteiger partial charge in [0.05, 0.1) is 5.84 Å². The number of rotatable bonds is 6. The lowest BCUT2D eigenvalue weighted by atomic mass is 10.1. The van der Waals surface area contributed by atoms with Crippen LogP contribution in [0.4, 0.5) is 0 Å². The number of benzene rings is 1. The molecule has 0 amide bonds. The Labute approximate surface area is 95.9 Å². The van der Waals surface area contributed by atoms with Gasteiger partial charge in [0.2, 0.25) is 0 Å². The van der Waals surface area contributed by atoms with E-state index in [9.17, 15) is 0 Å². The second kappa shape index (κ2) is 6.46. The second-order valence-electron chi connectivity index (χ2n) is 3.68. The van der Waals surface area contributed by atoms with E-state index in [2.05, 4.69) is 6.07 Å². The van der Waals surface area contributed by atoms with E-state index in [0.29, 0.717) is 6.42 Å². The Balaban J connectivity index is 2.21. The molecule has 1 rings (SSSR count). The minimum Gasteiger partial charge on any atom is -0.388 e. The van der Waals surface area contributed by atoms with Crippen LogP contribution in [0.15, 0.2) is 24.3 Å². The van der Waals surface area contributed by atoms with E-state index >= 15 is 0 Å². The third-order valence-corrected chi connectivity index (χ3v) is 2.72. The van der Waals surface area contributed by atoms with Gasteiger partial charge in [-0.3, -0.25) is 5.41 Å². The number of nitrogens with one attached hydrogen (secondary N) is 1. The molecule has 0 fully saturated rings. The molecule has 82 valence electrons. The SMILES string of the molecule is N=C(N)CCCCCc1ccccc1Cl. The number of halogens is 1. The van der Waals surface area contributed by atoms with Gasteiger partial charge in [0.25, 0.3) is 0 Å². The molecule has 0 spiro atoms. The van der Waals surface area contributed by atoms with Crippen LogP contribution in [0.3, 0.4) is 0 Å². The maximum atomic E-state index is 7.08. The van der Waals surface area contributed by atoms with Crippen molar-refractivity contribution in [3.8, 4) is 0 Å². The molecule has 1 aromatic carbocycles. The van der Waals surface area contributed by atoms with Crippen LogP contribution >= 0.6 is 11.6 Å². The number of aryl methyl sites for hydroxylation is 1. The predicted octanol–water partition coefficient (Wildman–Crippen LogP) is 3.38. The van der Waals surface area contributed by atoms with E-state index in [1.54, 1.807) is 0 Å². The summed E-state index contributed by atoms with van der Waals surface area (Å²) < 4.78 is 0. The summed E-state index contributed by atoms with van der Waals surface area (Å²) >= 11 is 6.03. The molecular weight excluding hydrogens is 208 g/mol. The average molecular weight is 225 g/mol. The van der Waals surface area contributed by atoms with Crippen LogP contribution in [-0.4, -0.2) is 5.84 Å². The molecule has 15 heavy (non-hydrogen) atoms. The minimum absolute atomic E-state index is 0.285. The highest BCUT2D eigenvalue weighted by molar-refractivity contribution is 6.31. The van der Waals surface area contributed by atoms with Crippen LogP contribution in [-0.2, 0) is 6.42 Å². The molecule has 1 aromatic rings. The molecule has 3 heteroatoms. The smallest absolute Gasteiger partial charge is 0.0905 e. The van der Waals surface area contributed by atoms with Crippen molar-refractivity contribution in [3.63, 3.8) is 0 Å². The van der Waals surface area contributed by atoms with Crippen molar-refractivity contribution >= 4 is 17.4 Å². The van der Waals surface area contributed by atoms with Crippen molar-refractivity contribution in [3.05, 3.63) is 34.9 Å². The van der Waals surface area contributed by atoms with Crippen molar-refractivity contribution in [1.29, 1.82) is 5.41 Å². The van der Waals surface area contributed by atoms with Gasteiger partial charge in [-0.05, 0) is 30.9 Å². The Morgan fingerprint density at radius 2 is 1.93 bits per heavy atom. The molecule has 0 unspecified atom stereocenters. The molecule has 2 nitrogen and oxygen atoms in total. The molecule has 0 saturated heterocycles. The quantitative estimate of drug-likeness (QED) is 0.435. The first kappa shape index (κ1) is 12.1. The van der Waals surface area contributed by atoms with Crippen molar-refractivity contribution in [2.24, 2.45) is 5.73 Å². The topological polar surface area (TPSA) is 49.9 Å². The Morgan fingerprint density at radius 3 is 2.60 bits per heavy atom. The van der Waals surface area contributed by atoms with Gasteiger partial charge >= 0.3 is 0 Å².